The van der Waals surface area contributed by atoms with Gasteiger partial charge < -0.3 is 4.98 Å². The molecule has 0 radical (unpaired) electrons. The smallest absolute Gasteiger partial charge is 0.306 e. The van der Waals surface area contributed by atoms with Crippen molar-refractivity contribution in [3.05, 3.63) is 32.6 Å². The van der Waals surface area contributed by atoms with Gasteiger partial charge in [0.15, 0.2) is 0 Å². The van der Waals surface area contributed by atoms with Crippen LogP contribution in [-0.2, 0) is 4.79 Å². The third kappa shape index (κ3) is 2.73. The van der Waals surface area contributed by atoms with Crippen LogP contribution in [0.25, 0.3) is 0 Å². The molecule has 0 bridgehead atoms. The van der Waals surface area contributed by atoms with E-state index >= 15 is 0 Å². The van der Waals surface area contributed by atoms with Crippen LogP contribution < -0.4 is 16.7 Å². The Morgan fingerprint density at radius 1 is 1.38 bits per heavy atom. The average molecular weight is 182 g/mol. The SMILES string of the molecule is O=CN/N=C\c1cc(=O)[nH]c(=O)[nH]1. The van der Waals surface area contributed by atoms with E-state index in [9.17, 15) is 14.4 Å². The highest BCUT2D eigenvalue weighted by Crippen LogP contribution is 1.75. The molecule has 0 atom stereocenters. The first-order chi connectivity index (χ1) is 6.22. The van der Waals surface area contributed by atoms with Crippen molar-refractivity contribution >= 4 is 12.6 Å². The normalized spacial score (nSPS) is 10.2. The number of carbonyl (C=O) groups excluding carboxylic acids is 1. The minimum atomic E-state index is -0.625. The Morgan fingerprint density at radius 2 is 2.15 bits per heavy atom. The van der Waals surface area contributed by atoms with E-state index in [0.717, 1.165) is 12.3 Å². The zero-order valence-corrected chi connectivity index (χ0v) is 6.40. The number of hydrogen-bond acceptors (Lipinski definition) is 4. The molecule has 1 aromatic rings. The summed E-state index contributed by atoms with van der Waals surface area (Å²) in [5.41, 5.74) is 1.05. The zero-order valence-electron chi connectivity index (χ0n) is 6.40. The van der Waals surface area contributed by atoms with Crippen molar-refractivity contribution in [2.45, 2.75) is 0 Å². The second-order valence-electron chi connectivity index (χ2n) is 2.05. The third-order valence-corrected chi connectivity index (χ3v) is 1.11. The Kier molecular flexibility index (Phi) is 2.74. The Hall–Kier alpha value is -2.18. The lowest BCUT2D eigenvalue weighted by atomic mass is 10.4. The summed E-state index contributed by atoms with van der Waals surface area (Å²) in [6.07, 6.45) is 1.51. The molecule has 0 unspecified atom stereocenters. The minimum Gasteiger partial charge on any atom is -0.306 e. The molecule has 7 nitrogen and oxygen atoms in total. The monoisotopic (exact) mass is 182 g/mol. The van der Waals surface area contributed by atoms with E-state index in [4.69, 9.17) is 0 Å². The summed E-state index contributed by atoms with van der Waals surface area (Å²) in [6.45, 7) is 0. The molecule has 0 fully saturated rings. The standard InChI is InChI=1S/C6H6N4O3/c11-3-8-7-2-4-1-5(12)10-6(13)9-4/h1-3H,(H,8,11)(H2,9,10,12,13)/b7-2-. The fourth-order valence-corrected chi connectivity index (χ4v) is 0.694. The number of hydrogen-bond donors (Lipinski definition) is 3. The van der Waals surface area contributed by atoms with Gasteiger partial charge in [-0.3, -0.25) is 14.6 Å². The number of aromatic nitrogens is 2. The van der Waals surface area contributed by atoms with Crippen LogP contribution in [0.1, 0.15) is 5.69 Å². The summed E-state index contributed by atoms with van der Waals surface area (Å²) in [4.78, 5) is 35.4. The van der Waals surface area contributed by atoms with Gasteiger partial charge in [-0.1, -0.05) is 0 Å². The van der Waals surface area contributed by atoms with Gasteiger partial charge in [-0.25, -0.2) is 10.2 Å². The predicted molar refractivity (Wildman–Crippen MR) is 44.5 cm³/mol. The largest absolute Gasteiger partial charge is 0.326 e. The topological polar surface area (TPSA) is 107 Å². The maximum Gasteiger partial charge on any atom is 0.326 e. The Morgan fingerprint density at radius 3 is 2.77 bits per heavy atom. The van der Waals surface area contributed by atoms with Crippen molar-refractivity contribution in [3.8, 4) is 0 Å². The van der Waals surface area contributed by atoms with Gasteiger partial charge in [0.25, 0.3) is 5.56 Å². The first kappa shape index (κ1) is 8.91. The van der Waals surface area contributed by atoms with E-state index < -0.39 is 11.2 Å². The van der Waals surface area contributed by atoms with Gasteiger partial charge >= 0.3 is 5.69 Å². The number of rotatable bonds is 3. The van der Waals surface area contributed by atoms with E-state index in [2.05, 4.69) is 10.1 Å². The molecule has 1 heterocycles. The molecule has 1 rings (SSSR count). The summed E-state index contributed by atoms with van der Waals surface area (Å²) >= 11 is 0. The van der Waals surface area contributed by atoms with Crippen molar-refractivity contribution in [1.29, 1.82) is 0 Å². The first-order valence-corrected chi connectivity index (χ1v) is 3.28. The van der Waals surface area contributed by atoms with Gasteiger partial charge in [-0.15, -0.1) is 0 Å². The number of hydrazone groups is 1. The molecule has 7 heteroatoms. The molecule has 0 spiro atoms. The van der Waals surface area contributed by atoms with Crippen molar-refractivity contribution < 1.29 is 4.79 Å². The molecule has 68 valence electrons. The lowest BCUT2D eigenvalue weighted by molar-refractivity contribution is -0.109. The molecule has 1 amide bonds. The van der Waals surface area contributed by atoms with E-state index in [1.54, 1.807) is 0 Å². The highest BCUT2D eigenvalue weighted by Gasteiger charge is 1.91. The van der Waals surface area contributed by atoms with Crippen LogP contribution in [0.4, 0.5) is 0 Å². The number of nitrogens with one attached hydrogen (secondary N) is 3. The molecule has 1 aromatic heterocycles. The number of nitrogens with zero attached hydrogens (tertiary/aromatic N) is 1. The minimum absolute atomic E-state index is 0.211. The number of carbonyl (C=O) groups is 1. The fourth-order valence-electron chi connectivity index (χ4n) is 0.694. The second kappa shape index (κ2) is 4.00. The van der Waals surface area contributed by atoms with Gasteiger partial charge in [0.05, 0.1) is 11.9 Å². The van der Waals surface area contributed by atoms with Gasteiger partial charge in [0, 0.05) is 6.07 Å². The molecular weight excluding hydrogens is 176 g/mol. The van der Waals surface area contributed by atoms with Gasteiger partial charge in [-0.05, 0) is 0 Å². The summed E-state index contributed by atoms with van der Waals surface area (Å²) in [7, 11) is 0. The summed E-state index contributed by atoms with van der Waals surface area (Å²) < 4.78 is 0. The second-order valence-corrected chi connectivity index (χ2v) is 2.05. The van der Waals surface area contributed by atoms with Gasteiger partial charge in [-0.2, -0.15) is 5.10 Å². The van der Waals surface area contributed by atoms with E-state index in [1.807, 2.05) is 10.4 Å². The van der Waals surface area contributed by atoms with Crippen molar-refractivity contribution in [1.82, 2.24) is 15.4 Å². The Labute approximate surface area is 71.5 Å². The fraction of sp³-hybridized carbons (Fsp3) is 0. The highest BCUT2D eigenvalue weighted by molar-refractivity contribution is 5.76. The molecule has 0 aromatic carbocycles. The van der Waals surface area contributed by atoms with Crippen molar-refractivity contribution in [3.63, 3.8) is 0 Å². The average Bonchev–Trinajstić information content (AvgIpc) is 2.03. The Bertz CT molecular complexity index is 402. The summed E-state index contributed by atoms with van der Waals surface area (Å²) in [6, 6.07) is 1.14. The Balaban J connectivity index is 2.95. The van der Waals surface area contributed by atoms with Crippen LogP contribution in [0.3, 0.4) is 0 Å². The molecule has 0 saturated carbocycles. The molecule has 0 aliphatic carbocycles. The lowest BCUT2D eigenvalue weighted by Gasteiger charge is -1.89. The van der Waals surface area contributed by atoms with Crippen molar-refractivity contribution in [2.75, 3.05) is 0 Å². The van der Waals surface area contributed by atoms with Crippen LogP contribution in [-0.4, -0.2) is 22.6 Å². The first-order valence-electron chi connectivity index (χ1n) is 3.28. The van der Waals surface area contributed by atoms with Crippen LogP contribution in [0.5, 0.6) is 0 Å². The molecule has 0 aliphatic rings. The lowest BCUT2D eigenvalue weighted by Crippen LogP contribution is -2.23. The van der Waals surface area contributed by atoms with Crippen LogP contribution in [0.2, 0.25) is 0 Å². The van der Waals surface area contributed by atoms with E-state index in [1.165, 1.54) is 0 Å². The maximum atomic E-state index is 10.7. The molecular formula is C6H6N4O3. The number of aromatic amines is 2. The van der Waals surface area contributed by atoms with Gasteiger partial charge in [0.2, 0.25) is 6.41 Å². The summed E-state index contributed by atoms with van der Waals surface area (Å²) in [5, 5.41) is 3.38. The van der Waals surface area contributed by atoms with Crippen LogP contribution in [0, 0.1) is 0 Å². The predicted octanol–water partition coefficient (Wildman–Crippen LogP) is -1.86. The molecule has 13 heavy (non-hydrogen) atoms. The molecule has 3 N–H and O–H groups in total. The van der Waals surface area contributed by atoms with Crippen LogP contribution >= 0.6 is 0 Å². The van der Waals surface area contributed by atoms with Crippen LogP contribution in [0.15, 0.2) is 20.8 Å². The van der Waals surface area contributed by atoms with Gasteiger partial charge in [0.1, 0.15) is 0 Å². The van der Waals surface area contributed by atoms with E-state index in [-0.39, 0.29) is 5.69 Å². The van der Waals surface area contributed by atoms with Crippen molar-refractivity contribution in [2.24, 2.45) is 5.10 Å². The summed E-state index contributed by atoms with van der Waals surface area (Å²) in [5.74, 6) is 0. The maximum absolute atomic E-state index is 10.7. The molecule has 0 saturated heterocycles. The zero-order chi connectivity index (χ0) is 9.68. The molecule has 0 aliphatic heterocycles. The number of H-pyrrole nitrogens is 2. The quantitative estimate of drug-likeness (QED) is 0.290. The highest BCUT2D eigenvalue weighted by atomic mass is 16.2. The van der Waals surface area contributed by atoms with E-state index in [0.29, 0.717) is 6.41 Å². The number of amides is 1. The third-order valence-electron chi connectivity index (χ3n) is 1.11.